The Balaban J connectivity index is 0.00000210. The maximum Gasteiger partial charge on any atom is 1.00 e. The Kier molecular flexibility index (Phi) is 5.80. The fourth-order valence-corrected chi connectivity index (χ4v) is 7.42. The molecule has 0 N–H and O–H groups in total. The van der Waals surface area contributed by atoms with Gasteiger partial charge in [-0.1, -0.05) is 18.4 Å². The summed E-state index contributed by atoms with van der Waals surface area (Å²) in [7, 11) is -4.86. The Labute approximate surface area is 183 Å². The normalized spacial score (nSPS) is 43.4. The van der Waals surface area contributed by atoms with Gasteiger partial charge < -0.3 is 4.55 Å². The van der Waals surface area contributed by atoms with Crippen LogP contribution in [0.4, 0.5) is 0 Å². The smallest absolute Gasteiger partial charge is 0.725 e. The van der Waals surface area contributed by atoms with E-state index in [4.69, 9.17) is 10.6 Å². The van der Waals surface area contributed by atoms with Gasteiger partial charge in [0.1, 0.15) is 0 Å². The molecule has 4 aliphatic carbocycles. The molecule has 0 aromatic heterocycles. The van der Waals surface area contributed by atoms with Crippen LogP contribution in [-0.2, 0) is 19.4 Å². The van der Waals surface area contributed by atoms with E-state index in [1.807, 2.05) is 13.0 Å². The minimum absolute atomic E-state index is 0. The predicted molar refractivity (Wildman–Crippen MR) is 94.4 cm³/mol. The molecule has 0 heterocycles. The van der Waals surface area contributed by atoms with Crippen molar-refractivity contribution in [2.75, 3.05) is 0 Å². The second kappa shape index (κ2) is 7.27. The first kappa shape index (κ1) is 21.5. The van der Waals surface area contributed by atoms with E-state index in [1.54, 1.807) is 0 Å². The van der Waals surface area contributed by atoms with E-state index in [9.17, 15) is 17.8 Å². The van der Waals surface area contributed by atoms with Crippen LogP contribution in [0.5, 0.6) is 0 Å². The number of carbonyl (C=O) groups excluding carboxylic acids is 1. The first-order valence-corrected chi connectivity index (χ1v) is 10.9. The van der Waals surface area contributed by atoms with Crippen LogP contribution in [0.1, 0.15) is 58.3 Å². The Bertz CT molecular complexity index is 813. The van der Waals surface area contributed by atoms with E-state index < -0.39 is 21.4 Å². The minimum Gasteiger partial charge on any atom is -0.725 e. The van der Waals surface area contributed by atoms with Gasteiger partial charge in [0, 0.05) is 11.8 Å². The van der Waals surface area contributed by atoms with Crippen LogP contribution >= 0.6 is 0 Å². The van der Waals surface area contributed by atoms with Gasteiger partial charge in [-0.25, -0.2) is 8.42 Å². The van der Waals surface area contributed by atoms with Gasteiger partial charge in [0.05, 0.1) is 0 Å². The van der Waals surface area contributed by atoms with Gasteiger partial charge >= 0.3 is 29.6 Å². The van der Waals surface area contributed by atoms with E-state index in [2.05, 4.69) is 5.92 Å². The van der Waals surface area contributed by atoms with Gasteiger partial charge in [-0.2, -0.15) is 0 Å². The molecule has 3 saturated carbocycles. The molecule has 4 aliphatic rings. The minimum atomic E-state index is -4.86. The molecule has 142 valence electrons. The maximum absolute atomic E-state index is 11.8. The largest absolute Gasteiger partial charge is 1.00 e. The Morgan fingerprint density at radius 1 is 1.19 bits per heavy atom. The molecule has 5 nitrogen and oxygen atoms in total. The van der Waals surface area contributed by atoms with Crippen LogP contribution in [-0.4, -0.2) is 24.4 Å². The van der Waals surface area contributed by atoms with Crippen molar-refractivity contribution in [3.8, 4) is 12.3 Å². The zero-order chi connectivity index (χ0) is 18.7. The average Bonchev–Trinajstić information content (AvgIpc) is 2.86. The summed E-state index contributed by atoms with van der Waals surface area (Å²) in [6, 6.07) is 0. The molecular formula is C20H25NaO5S. The first-order valence-electron chi connectivity index (χ1n) is 9.57. The fourth-order valence-electron chi connectivity index (χ4n) is 6.75. The molecule has 0 aliphatic heterocycles. The third kappa shape index (κ3) is 3.39. The van der Waals surface area contributed by atoms with Crippen LogP contribution in [0.15, 0.2) is 11.6 Å². The molecule has 0 spiro atoms. The molecule has 0 radical (unpaired) electrons. The van der Waals surface area contributed by atoms with Gasteiger partial charge in [-0.15, -0.1) is 6.42 Å². The van der Waals surface area contributed by atoms with Crippen LogP contribution in [0.25, 0.3) is 0 Å². The summed E-state index contributed by atoms with van der Waals surface area (Å²) in [6.45, 7) is 2.02. The van der Waals surface area contributed by atoms with Crippen molar-refractivity contribution in [2.45, 2.75) is 63.9 Å². The molecule has 0 bridgehead atoms. The molecule has 0 amide bonds. The Morgan fingerprint density at radius 3 is 2.59 bits per heavy atom. The summed E-state index contributed by atoms with van der Waals surface area (Å²) >= 11 is 0. The van der Waals surface area contributed by atoms with E-state index in [0.29, 0.717) is 30.6 Å². The summed E-state index contributed by atoms with van der Waals surface area (Å²) in [5.74, 6) is 4.54. The number of allylic oxidation sites excluding steroid dienone is 1. The van der Waals surface area contributed by atoms with Gasteiger partial charge in [-0.3, -0.25) is 8.98 Å². The number of carbonyl (C=O) groups is 1. The van der Waals surface area contributed by atoms with Gasteiger partial charge in [0.15, 0.2) is 11.4 Å². The van der Waals surface area contributed by atoms with Crippen molar-refractivity contribution in [1.82, 2.24) is 0 Å². The standard InChI is InChI=1S/C20H26O5S.Na/c1-3-20(25-26(22,23)24)11-9-18-17-6-4-13-12-14(21)5-7-15(13)16(17)8-10-19(18,20)2;/h1,12,15-18H,4-11H2,2H3,(H,22,23,24);/q;+1/p-1. The van der Waals surface area contributed by atoms with E-state index >= 15 is 0 Å². The number of hydrogen-bond donors (Lipinski definition) is 0. The molecule has 4 rings (SSSR count). The van der Waals surface area contributed by atoms with Crippen molar-refractivity contribution in [1.29, 1.82) is 0 Å². The molecule has 6 unspecified atom stereocenters. The maximum atomic E-state index is 11.8. The third-order valence-corrected chi connectivity index (χ3v) is 8.39. The van der Waals surface area contributed by atoms with Crippen LogP contribution in [0, 0.1) is 41.4 Å². The molecule has 0 aromatic rings. The summed E-state index contributed by atoms with van der Waals surface area (Å²) < 4.78 is 39.1. The van der Waals surface area contributed by atoms with Crippen molar-refractivity contribution in [3.63, 3.8) is 0 Å². The van der Waals surface area contributed by atoms with Crippen molar-refractivity contribution in [2.24, 2.45) is 29.1 Å². The molecule has 7 heteroatoms. The summed E-state index contributed by atoms with van der Waals surface area (Å²) in [5, 5.41) is 0. The quantitative estimate of drug-likeness (QED) is 0.282. The average molecular weight is 400 g/mol. The summed E-state index contributed by atoms with van der Waals surface area (Å²) in [6.07, 6.45) is 14.0. The van der Waals surface area contributed by atoms with Crippen molar-refractivity contribution < 1.29 is 51.5 Å². The number of terminal acetylenes is 1. The fraction of sp³-hybridized carbons (Fsp3) is 0.750. The zero-order valence-electron chi connectivity index (χ0n) is 16.1. The Hall–Kier alpha value is -0.160. The van der Waals surface area contributed by atoms with Gasteiger partial charge in [0.2, 0.25) is 10.4 Å². The molecule has 6 atom stereocenters. The second-order valence-electron chi connectivity index (χ2n) is 8.76. The number of hydrogen-bond acceptors (Lipinski definition) is 5. The summed E-state index contributed by atoms with van der Waals surface area (Å²) in [4.78, 5) is 11.8. The summed E-state index contributed by atoms with van der Waals surface area (Å²) in [5.41, 5.74) is -0.501. The number of ketones is 1. The van der Waals surface area contributed by atoms with E-state index in [1.165, 1.54) is 5.57 Å². The molecule has 27 heavy (non-hydrogen) atoms. The van der Waals surface area contributed by atoms with Gasteiger partial charge in [-0.05, 0) is 74.7 Å². The molecule has 3 fully saturated rings. The van der Waals surface area contributed by atoms with Gasteiger partial charge in [0.25, 0.3) is 0 Å². The third-order valence-electron chi connectivity index (χ3n) is 7.90. The van der Waals surface area contributed by atoms with Crippen LogP contribution in [0.3, 0.4) is 0 Å². The number of rotatable bonds is 2. The SMILES string of the molecule is C#CC1(OS(=O)(=O)[O-])CCC2C3CCC4=CC(=O)CCC4C3CCC21C.[Na+]. The van der Waals surface area contributed by atoms with E-state index in [-0.39, 0.29) is 41.3 Å². The topological polar surface area (TPSA) is 83.5 Å². The zero-order valence-corrected chi connectivity index (χ0v) is 18.9. The number of fused-ring (bicyclic) bond motifs is 5. The molecule has 0 aromatic carbocycles. The molecule has 0 saturated heterocycles. The monoisotopic (exact) mass is 400 g/mol. The Morgan fingerprint density at radius 2 is 1.93 bits per heavy atom. The first-order chi connectivity index (χ1) is 12.2. The van der Waals surface area contributed by atoms with E-state index in [0.717, 1.165) is 38.5 Å². The van der Waals surface area contributed by atoms with Crippen molar-refractivity contribution >= 4 is 16.2 Å². The van der Waals surface area contributed by atoms with Crippen molar-refractivity contribution in [3.05, 3.63) is 11.6 Å². The molecular weight excluding hydrogens is 375 g/mol. The van der Waals surface area contributed by atoms with Crippen LogP contribution < -0.4 is 29.6 Å². The second-order valence-corrected chi connectivity index (χ2v) is 9.74. The predicted octanol–water partition coefficient (Wildman–Crippen LogP) is -0.0190. The van der Waals surface area contributed by atoms with Crippen LogP contribution in [0.2, 0.25) is 0 Å².